The molecule has 2 aromatic heterocycles. The monoisotopic (exact) mass is 620 g/mol. The van der Waals surface area contributed by atoms with Crippen LogP contribution in [0.4, 0.5) is 0 Å². The first kappa shape index (κ1) is 31.6. The van der Waals surface area contributed by atoms with E-state index < -0.39 is 0 Å². The summed E-state index contributed by atoms with van der Waals surface area (Å²) in [4.78, 5) is 0. The van der Waals surface area contributed by atoms with Crippen molar-refractivity contribution in [2.45, 2.75) is 129 Å². The molecule has 44 heavy (non-hydrogen) atoms. The molecular formula is C42H52S2. The quantitative estimate of drug-likeness (QED) is 0.0839. The summed E-state index contributed by atoms with van der Waals surface area (Å²) in [5.74, 6) is 0. The molecular weight excluding hydrogens is 569 g/mol. The molecule has 2 heterocycles. The van der Waals surface area contributed by atoms with Crippen molar-refractivity contribution < 1.29 is 0 Å². The molecule has 0 radical (unpaired) electrons. The van der Waals surface area contributed by atoms with Crippen LogP contribution in [0.15, 0.2) is 60.7 Å². The van der Waals surface area contributed by atoms with E-state index in [1.54, 1.807) is 0 Å². The number of hydrogen-bond donors (Lipinski definition) is 0. The molecule has 0 saturated carbocycles. The third-order valence-electron chi connectivity index (χ3n) is 9.76. The average Bonchev–Trinajstić information content (AvgIpc) is 3.56. The second-order valence-electron chi connectivity index (χ2n) is 13.4. The van der Waals surface area contributed by atoms with E-state index in [4.69, 9.17) is 0 Å². The van der Waals surface area contributed by atoms with E-state index in [9.17, 15) is 0 Å². The lowest BCUT2D eigenvalue weighted by Crippen LogP contribution is -1.87. The summed E-state index contributed by atoms with van der Waals surface area (Å²) in [6, 6.07) is 24.2. The molecule has 0 aliphatic carbocycles. The van der Waals surface area contributed by atoms with Crippen LogP contribution in [0, 0.1) is 0 Å². The Balaban J connectivity index is 1.11. The number of unbranched alkanes of at least 4 members (excludes halogenated alkanes) is 14. The Morgan fingerprint density at radius 2 is 0.773 bits per heavy atom. The molecule has 0 nitrogen and oxygen atoms in total. The number of aryl methyl sites for hydroxylation is 2. The van der Waals surface area contributed by atoms with Crippen LogP contribution in [-0.4, -0.2) is 0 Å². The molecule has 0 N–H and O–H groups in total. The zero-order chi connectivity index (χ0) is 30.1. The van der Waals surface area contributed by atoms with E-state index in [1.165, 1.54) is 178 Å². The summed E-state index contributed by atoms with van der Waals surface area (Å²) >= 11 is 3.99. The van der Waals surface area contributed by atoms with Crippen molar-refractivity contribution in [1.82, 2.24) is 0 Å². The minimum absolute atomic E-state index is 1.21. The van der Waals surface area contributed by atoms with Gasteiger partial charge in [-0.15, -0.1) is 22.7 Å². The molecule has 0 aliphatic heterocycles. The second kappa shape index (κ2) is 15.7. The molecule has 0 unspecified atom stereocenters. The highest BCUT2D eigenvalue weighted by Gasteiger charge is 2.14. The molecule has 6 aromatic rings. The lowest BCUT2D eigenvalue weighted by Gasteiger charge is -2.06. The largest absolute Gasteiger partial charge is 0.134 e. The predicted octanol–water partition coefficient (Wildman–Crippen LogP) is 14.9. The molecule has 0 amide bonds. The van der Waals surface area contributed by atoms with E-state index in [-0.39, 0.29) is 0 Å². The Labute approximate surface area is 273 Å². The number of hydrogen-bond acceptors (Lipinski definition) is 2. The molecule has 0 atom stereocenters. The molecule has 4 aromatic carbocycles. The SMILES string of the molecule is CCCCCCCCCCCCc1ccc2cc3c(cc2c1)sc1c2cc4ccc(CCCCCCCC)cc4cc2sc31. The molecule has 0 fully saturated rings. The van der Waals surface area contributed by atoms with Crippen LogP contribution in [0.25, 0.3) is 51.1 Å². The van der Waals surface area contributed by atoms with Gasteiger partial charge in [-0.2, -0.15) is 0 Å². The summed E-state index contributed by atoms with van der Waals surface area (Å²) in [6.45, 7) is 4.59. The first-order valence-electron chi connectivity index (χ1n) is 18.0. The third kappa shape index (κ3) is 7.68. The topological polar surface area (TPSA) is 0 Å². The summed E-state index contributed by atoms with van der Waals surface area (Å²) in [6.07, 6.45) is 24.6. The van der Waals surface area contributed by atoms with Gasteiger partial charge in [0.2, 0.25) is 0 Å². The smallest absolute Gasteiger partial charge is 0.0542 e. The first-order chi connectivity index (χ1) is 21.7. The van der Waals surface area contributed by atoms with E-state index >= 15 is 0 Å². The first-order valence-corrected chi connectivity index (χ1v) is 19.6. The molecule has 0 spiro atoms. The third-order valence-corrected chi connectivity index (χ3v) is 12.3. The minimum atomic E-state index is 1.21. The molecule has 2 heteroatoms. The molecule has 0 aliphatic rings. The van der Waals surface area contributed by atoms with Gasteiger partial charge in [0.05, 0.1) is 9.40 Å². The van der Waals surface area contributed by atoms with Gasteiger partial charge < -0.3 is 0 Å². The van der Waals surface area contributed by atoms with Crippen molar-refractivity contribution in [3.8, 4) is 0 Å². The van der Waals surface area contributed by atoms with Crippen molar-refractivity contribution in [2.24, 2.45) is 0 Å². The molecule has 0 bridgehead atoms. The van der Waals surface area contributed by atoms with Gasteiger partial charge in [0.1, 0.15) is 0 Å². The van der Waals surface area contributed by atoms with Crippen LogP contribution in [0.5, 0.6) is 0 Å². The maximum absolute atomic E-state index is 2.46. The minimum Gasteiger partial charge on any atom is -0.134 e. The van der Waals surface area contributed by atoms with Crippen LogP contribution < -0.4 is 0 Å². The van der Waals surface area contributed by atoms with Gasteiger partial charge in [-0.3, -0.25) is 0 Å². The summed E-state index contributed by atoms with van der Waals surface area (Å²) in [7, 11) is 0. The van der Waals surface area contributed by atoms with E-state index in [0.717, 1.165) is 0 Å². The fourth-order valence-corrected chi connectivity index (χ4v) is 9.78. The van der Waals surface area contributed by atoms with E-state index in [0.29, 0.717) is 0 Å². The van der Waals surface area contributed by atoms with Crippen LogP contribution >= 0.6 is 22.7 Å². The zero-order valence-electron chi connectivity index (χ0n) is 27.3. The van der Waals surface area contributed by atoms with Crippen molar-refractivity contribution in [1.29, 1.82) is 0 Å². The van der Waals surface area contributed by atoms with Gasteiger partial charge in [0, 0.05) is 20.2 Å². The average molecular weight is 621 g/mol. The maximum Gasteiger partial charge on any atom is 0.0542 e. The highest BCUT2D eigenvalue weighted by atomic mass is 32.1. The van der Waals surface area contributed by atoms with Crippen LogP contribution in [0.2, 0.25) is 0 Å². The normalized spacial score (nSPS) is 12.1. The lowest BCUT2D eigenvalue weighted by molar-refractivity contribution is 0.556. The highest BCUT2D eigenvalue weighted by Crippen LogP contribution is 2.46. The number of thiophene rings is 2. The van der Waals surface area contributed by atoms with Gasteiger partial charge in [-0.05, 0) is 82.6 Å². The van der Waals surface area contributed by atoms with E-state index in [1.807, 2.05) is 22.7 Å². The Morgan fingerprint density at radius 1 is 0.386 bits per heavy atom. The standard InChI is InChI=1S/C42H52S2/c1-3-5-7-9-11-12-13-14-16-18-20-32-22-24-34-28-38-40(30-36(34)26-32)44-41-37-27-33-23-21-31(19-17-15-10-8-6-4-2)25-35(33)29-39(37)43-42(38)41/h21-30H,3-20H2,1-2H3. The zero-order valence-corrected chi connectivity index (χ0v) is 29.0. The summed E-state index contributed by atoms with van der Waals surface area (Å²) in [5, 5.41) is 8.44. The van der Waals surface area contributed by atoms with Crippen molar-refractivity contribution in [3.05, 3.63) is 71.8 Å². The maximum atomic E-state index is 2.46. The Morgan fingerprint density at radius 3 is 1.18 bits per heavy atom. The Bertz CT molecular complexity index is 1800. The number of fused-ring (bicyclic) bond motifs is 7. The highest BCUT2D eigenvalue weighted by molar-refractivity contribution is 7.36. The van der Waals surface area contributed by atoms with Gasteiger partial charge in [0.25, 0.3) is 0 Å². The fraction of sp³-hybridized carbons (Fsp3) is 0.476. The van der Waals surface area contributed by atoms with Crippen molar-refractivity contribution >= 4 is 73.8 Å². The molecule has 0 saturated heterocycles. The fourth-order valence-electron chi connectivity index (χ4n) is 7.08. The van der Waals surface area contributed by atoms with Gasteiger partial charge >= 0.3 is 0 Å². The van der Waals surface area contributed by atoms with E-state index in [2.05, 4.69) is 74.5 Å². The van der Waals surface area contributed by atoms with Crippen molar-refractivity contribution in [3.63, 3.8) is 0 Å². The summed E-state index contributed by atoms with van der Waals surface area (Å²) in [5.41, 5.74) is 3.00. The second-order valence-corrected chi connectivity index (χ2v) is 15.5. The van der Waals surface area contributed by atoms with Crippen molar-refractivity contribution in [2.75, 3.05) is 0 Å². The lowest BCUT2D eigenvalue weighted by atomic mass is 10.0. The molecule has 232 valence electrons. The predicted molar refractivity (Wildman–Crippen MR) is 202 cm³/mol. The molecule has 6 rings (SSSR count). The van der Waals surface area contributed by atoms with Crippen LogP contribution in [-0.2, 0) is 12.8 Å². The van der Waals surface area contributed by atoms with Crippen LogP contribution in [0.1, 0.15) is 128 Å². The number of rotatable bonds is 18. The van der Waals surface area contributed by atoms with Crippen LogP contribution in [0.3, 0.4) is 0 Å². The van der Waals surface area contributed by atoms with Gasteiger partial charge in [-0.1, -0.05) is 140 Å². The Kier molecular flexibility index (Phi) is 11.3. The Hall–Kier alpha value is -2.42. The van der Waals surface area contributed by atoms with Gasteiger partial charge in [0.15, 0.2) is 0 Å². The van der Waals surface area contributed by atoms with Gasteiger partial charge in [-0.25, -0.2) is 0 Å². The summed E-state index contributed by atoms with van der Waals surface area (Å²) < 4.78 is 5.81. The number of benzene rings is 4.